The van der Waals surface area contributed by atoms with Crippen molar-refractivity contribution in [3.05, 3.63) is 72.3 Å². The number of sulfonamides is 1. The van der Waals surface area contributed by atoms with Gasteiger partial charge in [0, 0.05) is 19.7 Å². The molecule has 2 heterocycles. The predicted molar refractivity (Wildman–Crippen MR) is 140 cm³/mol. The molecule has 0 aromatic heterocycles. The van der Waals surface area contributed by atoms with Crippen LogP contribution < -0.4 is 14.8 Å². The highest BCUT2D eigenvalue weighted by molar-refractivity contribution is 7.89. The summed E-state index contributed by atoms with van der Waals surface area (Å²) in [4.78, 5) is 13.5. The molecular formula is C28H30N2O6S. The average Bonchev–Trinajstić information content (AvgIpc) is 3.35. The van der Waals surface area contributed by atoms with Crippen molar-refractivity contribution in [2.24, 2.45) is 0 Å². The summed E-state index contributed by atoms with van der Waals surface area (Å²) in [6, 6.07) is 19.6. The zero-order chi connectivity index (χ0) is 25.6. The first-order valence-corrected chi connectivity index (χ1v) is 13.9. The number of carbonyl (C=O) groups excluding carboxylic acids is 1. The molecule has 2 aliphatic heterocycles. The molecule has 0 bridgehead atoms. The topological polar surface area (TPSA) is 105 Å². The lowest BCUT2D eigenvalue weighted by Crippen LogP contribution is -2.37. The van der Waals surface area contributed by atoms with E-state index in [9.17, 15) is 18.3 Å². The molecule has 2 N–H and O–H groups in total. The molecule has 3 aromatic rings. The van der Waals surface area contributed by atoms with E-state index in [1.165, 1.54) is 4.31 Å². The molecule has 194 valence electrons. The molecule has 1 amide bonds. The Balaban J connectivity index is 0.00000294. The Morgan fingerprint density at radius 1 is 1.03 bits per heavy atom. The number of hydrogen-bond donors (Lipinski definition) is 2. The minimum Gasteiger partial charge on any atom is -0.454 e. The van der Waals surface area contributed by atoms with Gasteiger partial charge in [0.25, 0.3) is 0 Å². The Kier molecular flexibility index (Phi) is 5.94. The summed E-state index contributed by atoms with van der Waals surface area (Å²) < 4.78 is 38.4. The van der Waals surface area contributed by atoms with Crippen molar-refractivity contribution in [1.82, 2.24) is 4.31 Å². The summed E-state index contributed by atoms with van der Waals surface area (Å²) in [5.41, 5.74) is 2.73. The number of nitrogens with zero attached hydrogens (tertiary/aromatic N) is 1. The number of benzene rings is 3. The third-order valence-corrected chi connectivity index (χ3v) is 9.52. The molecule has 1 aliphatic carbocycles. The highest BCUT2D eigenvalue weighted by atomic mass is 32.2. The van der Waals surface area contributed by atoms with E-state index in [1.54, 1.807) is 24.3 Å². The van der Waals surface area contributed by atoms with Gasteiger partial charge in [-0.1, -0.05) is 30.3 Å². The van der Waals surface area contributed by atoms with Crippen LogP contribution in [0.15, 0.2) is 71.6 Å². The van der Waals surface area contributed by atoms with Gasteiger partial charge in [0.05, 0.1) is 16.9 Å². The third-order valence-electron chi connectivity index (χ3n) is 7.56. The molecular weight excluding hydrogens is 492 g/mol. The van der Waals surface area contributed by atoms with Gasteiger partial charge in [-0.05, 0) is 78.8 Å². The number of hydrogen-bond acceptors (Lipinski definition) is 6. The first-order chi connectivity index (χ1) is 17.9. The van der Waals surface area contributed by atoms with Crippen molar-refractivity contribution in [3.63, 3.8) is 0 Å². The Morgan fingerprint density at radius 2 is 1.81 bits per heavy atom. The van der Waals surface area contributed by atoms with Crippen LogP contribution in [0, 0.1) is 0 Å². The first-order valence-electron chi connectivity index (χ1n) is 12.5. The van der Waals surface area contributed by atoms with Gasteiger partial charge in [0.1, 0.15) is 0 Å². The van der Waals surface area contributed by atoms with E-state index in [4.69, 9.17) is 9.47 Å². The minimum atomic E-state index is -3.66. The Hall–Kier alpha value is -3.40. The first kappa shape index (κ1) is 24.0. The summed E-state index contributed by atoms with van der Waals surface area (Å²) in [5, 5.41) is 12.6. The SMILES string of the molecule is O=C(Nc1cccc(-c2ccc(S(=O)(=O)N3CCC[C@@H]3CO)cc2)c1)C1(c2ccc3c(c2)OCO3)CC1.[HH]. The van der Waals surface area contributed by atoms with Gasteiger partial charge in [-0.15, -0.1) is 0 Å². The van der Waals surface area contributed by atoms with E-state index in [-0.39, 0.29) is 31.7 Å². The summed E-state index contributed by atoms with van der Waals surface area (Å²) in [7, 11) is -3.66. The van der Waals surface area contributed by atoms with E-state index in [1.807, 2.05) is 42.5 Å². The lowest BCUT2D eigenvalue weighted by molar-refractivity contribution is -0.118. The molecule has 3 aromatic carbocycles. The number of fused-ring (bicyclic) bond motifs is 1. The molecule has 1 saturated heterocycles. The van der Waals surface area contributed by atoms with Crippen molar-refractivity contribution in [2.75, 3.05) is 25.3 Å². The number of rotatable bonds is 7. The molecule has 9 heteroatoms. The molecule has 6 rings (SSSR count). The largest absolute Gasteiger partial charge is 0.454 e. The maximum Gasteiger partial charge on any atom is 0.243 e. The fraction of sp³-hybridized carbons (Fsp3) is 0.321. The van der Waals surface area contributed by atoms with E-state index in [0.29, 0.717) is 30.2 Å². The molecule has 0 spiro atoms. The Morgan fingerprint density at radius 3 is 2.57 bits per heavy atom. The standard InChI is InChI=1S/C28H28N2O6S.H2/c31-17-23-5-2-14-30(23)37(33,34)24-9-6-19(7-10-24)20-3-1-4-22(15-20)29-27(32)28(12-13-28)21-8-11-25-26(16-21)36-18-35-25;/h1,3-4,6-11,15-16,23,31H,2,5,12-14,17-18H2,(H,29,32);1H/t23-;/m1./s1. The number of amides is 1. The van der Waals surface area contributed by atoms with Gasteiger partial charge in [-0.3, -0.25) is 4.79 Å². The van der Waals surface area contributed by atoms with Crippen LogP contribution in [-0.4, -0.2) is 49.7 Å². The average molecular weight is 523 g/mol. The lowest BCUT2D eigenvalue weighted by atomic mass is 9.94. The van der Waals surface area contributed by atoms with Gasteiger partial charge in [0.15, 0.2) is 11.5 Å². The zero-order valence-electron chi connectivity index (χ0n) is 20.2. The molecule has 8 nitrogen and oxygen atoms in total. The summed E-state index contributed by atoms with van der Waals surface area (Å²) in [6.07, 6.45) is 2.95. The van der Waals surface area contributed by atoms with Gasteiger partial charge < -0.3 is 19.9 Å². The van der Waals surface area contributed by atoms with E-state index in [0.717, 1.165) is 36.0 Å². The zero-order valence-corrected chi connectivity index (χ0v) is 21.0. The fourth-order valence-corrected chi connectivity index (χ4v) is 6.94. The summed E-state index contributed by atoms with van der Waals surface area (Å²) >= 11 is 0. The lowest BCUT2D eigenvalue weighted by Gasteiger charge is -2.22. The quantitative estimate of drug-likeness (QED) is 0.483. The number of nitrogens with one attached hydrogen (secondary N) is 1. The molecule has 37 heavy (non-hydrogen) atoms. The third kappa shape index (κ3) is 4.27. The normalized spacial score (nSPS) is 20.1. The second kappa shape index (κ2) is 9.16. The van der Waals surface area contributed by atoms with Crippen LogP contribution in [0.1, 0.15) is 32.7 Å². The predicted octanol–water partition coefficient (Wildman–Crippen LogP) is 4.14. The Bertz CT molecular complexity index is 1460. The molecule has 1 atom stereocenters. The van der Waals surface area contributed by atoms with E-state index >= 15 is 0 Å². The number of aliphatic hydroxyl groups excluding tert-OH is 1. The van der Waals surface area contributed by atoms with Crippen molar-refractivity contribution >= 4 is 21.6 Å². The van der Waals surface area contributed by atoms with Crippen molar-refractivity contribution in [1.29, 1.82) is 0 Å². The van der Waals surface area contributed by atoms with Crippen molar-refractivity contribution < 1.29 is 29.2 Å². The van der Waals surface area contributed by atoms with Gasteiger partial charge in [0.2, 0.25) is 22.7 Å². The second-order valence-electron chi connectivity index (χ2n) is 9.80. The van der Waals surface area contributed by atoms with Crippen molar-refractivity contribution in [2.45, 2.75) is 42.0 Å². The molecule has 1 saturated carbocycles. The molecule has 0 radical (unpaired) electrons. The summed E-state index contributed by atoms with van der Waals surface area (Å²) in [5.74, 6) is 1.30. The summed E-state index contributed by atoms with van der Waals surface area (Å²) in [6.45, 7) is 0.440. The molecule has 3 aliphatic rings. The number of carbonyl (C=O) groups is 1. The van der Waals surface area contributed by atoms with Crippen LogP contribution in [0.4, 0.5) is 5.69 Å². The minimum absolute atomic E-state index is 0. The van der Waals surface area contributed by atoms with Gasteiger partial charge in [-0.2, -0.15) is 4.31 Å². The Labute approximate surface area is 217 Å². The molecule has 2 fully saturated rings. The monoisotopic (exact) mass is 522 g/mol. The van der Waals surface area contributed by atoms with Crippen LogP contribution in [-0.2, 0) is 20.2 Å². The second-order valence-corrected chi connectivity index (χ2v) is 11.7. The van der Waals surface area contributed by atoms with Crippen LogP contribution in [0.3, 0.4) is 0 Å². The van der Waals surface area contributed by atoms with Crippen LogP contribution in [0.5, 0.6) is 11.5 Å². The smallest absolute Gasteiger partial charge is 0.243 e. The number of aliphatic hydroxyl groups is 1. The van der Waals surface area contributed by atoms with E-state index < -0.39 is 15.4 Å². The highest BCUT2D eigenvalue weighted by Crippen LogP contribution is 2.51. The molecule has 0 unspecified atom stereocenters. The maximum atomic E-state index is 13.3. The van der Waals surface area contributed by atoms with Crippen LogP contribution in [0.25, 0.3) is 11.1 Å². The number of ether oxygens (including phenoxy) is 2. The van der Waals surface area contributed by atoms with E-state index in [2.05, 4.69) is 5.32 Å². The highest BCUT2D eigenvalue weighted by Gasteiger charge is 2.51. The number of anilines is 1. The van der Waals surface area contributed by atoms with Crippen LogP contribution in [0.2, 0.25) is 0 Å². The van der Waals surface area contributed by atoms with Gasteiger partial charge >= 0.3 is 0 Å². The van der Waals surface area contributed by atoms with Crippen LogP contribution >= 0.6 is 0 Å². The van der Waals surface area contributed by atoms with Gasteiger partial charge in [-0.25, -0.2) is 8.42 Å². The maximum absolute atomic E-state index is 13.3. The fourth-order valence-electron chi connectivity index (χ4n) is 5.26. The van der Waals surface area contributed by atoms with Crippen molar-refractivity contribution in [3.8, 4) is 22.6 Å².